The van der Waals surface area contributed by atoms with Crippen molar-refractivity contribution in [3.8, 4) is 0 Å². The quantitative estimate of drug-likeness (QED) is 0.595. The number of piperidine rings is 1. The Morgan fingerprint density at radius 2 is 1.86 bits per heavy atom. The molecule has 3 aliphatic rings. The summed E-state index contributed by atoms with van der Waals surface area (Å²) < 4.78 is 5.48. The number of hydrogen-bond donors (Lipinski definition) is 1. The molecule has 5 heteroatoms. The second kappa shape index (κ2) is 10.3. The maximum Gasteiger partial charge on any atom is 0.194 e. The first-order valence-corrected chi connectivity index (χ1v) is 11.7. The van der Waals surface area contributed by atoms with Crippen LogP contribution in [0.25, 0.3) is 0 Å². The molecule has 28 heavy (non-hydrogen) atoms. The molecule has 2 aliphatic heterocycles. The highest BCUT2D eigenvalue weighted by Crippen LogP contribution is 2.22. The molecule has 0 radical (unpaired) electrons. The normalized spacial score (nSPS) is 25.4. The zero-order chi connectivity index (χ0) is 19.0. The van der Waals surface area contributed by atoms with E-state index in [1.54, 1.807) is 6.26 Å². The number of guanidine groups is 1. The fourth-order valence-electron chi connectivity index (χ4n) is 5.07. The van der Waals surface area contributed by atoms with Gasteiger partial charge in [-0.15, -0.1) is 0 Å². The molecular weight excluding hydrogens is 348 g/mol. The molecule has 3 fully saturated rings. The number of likely N-dealkylation sites (tertiary alicyclic amines) is 2. The van der Waals surface area contributed by atoms with Gasteiger partial charge in [0.25, 0.3) is 0 Å². The topological polar surface area (TPSA) is 44.0 Å². The third-order valence-electron chi connectivity index (χ3n) is 6.69. The van der Waals surface area contributed by atoms with Crippen LogP contribution >= 0.6 is 0 Å². The number of rotatable bonds is 6. The van der Waals surface area contributed by atoms with E-state index in [-0.39, 0.29) is 0 Å². The molecule has 3 heterocycles. The van der Waals surface area contributed by atoms with E-state index in [1.165, 1.54) is 77.4 Å². The van der Waals surface area contributed by atoms with Gasteiger partial charge in [-0.05, 0) is 63.2 Å². The fourth-order valence-corrected chi connectivity index (χ4v) is 5.07. The van der Waals surface area contributed by atoms with Crippen LogP contribution in [0.2, 0.25) is 0 Å². The molecule has 0 bridgehead atoms. The van der Waals surface area contributed by atoms with Crippen molar-refractivity contribution in [3.05, 3.63) is 24.2 Å². The van der Waals surface area contributed by atoms with Crippen LogP contribution in [0.1, 0.15) is 63.5 Å². The third kappa shape index (κ3) is 5.76. The number of hydrogen-bond acceptors (Lipinski definition) is 3. The van der Waals surface area contributed by atoms with Crippen LogP contribution in [0, 0.1) is 5.92 Å². The summed E-state index contributed by atoms with van der Waals surface area (Å²) in [6.07, 6.45) is 14.8. The minimum absolute atomic E-state index is 0.609. The minimum Gasteiger partial charge on any atom is -0.469 e. The predicted molar refractivity (Wildman–Crippen MR) is 115 cm³/mol. The Balaban J connectivity index is 1.33. The Kier molecular flexibility index (Phi) is 7.31. The number of aliphatic imine (C=N–C) groups is 1. The molecule has 156 valence electrons. The van der Waals surface area contributed by atoms with Crippen molar-refractivity contribution >= 4 is 5.96 Å². The average molecular weight is 387 g/mol. The lowest BCUT2D eigenvalue weighted by atomic mass is 9.96. The first-order valence-electron chi connectivity index (χ1n) is 11.7. The van der Waals surface area contributed by atoms with Gasteiger partial charge in [-0.3, -0.25) is 4.99 Å². The standard InChI is InChI=1S/C23H38N4O/c1-3-8-21(9-4-1)25-23(24-13-11-22-10-7-17-28-22)27-16-12-20(19-27)18-26-14-5-2-6-15-26/h7,10,17,20-21H,1-6,8-9,11-16,18-19H2,(H,24,25). The smallest absolute Gasteiger partial charge is 0.194 e. The van der Waals surface area contributed by atoms with Crippen molar-refractivity contribution in [3.63, 3.8) is 0 Å². The van der Waals surface area contributed by atoms with Crippen molar-refractivity contribution in [1.82, 2.24) is 15.1 Å². The number of furan rings is 1. The molecule has 1 saturated carbocycles. The molecule has 0 spiro atoms. The van der Waals surface area contributed by atoms with E-state index in [0.717, 1.165) is 43.7 Å². The van der Waals surface area contributed by atoms with Crippen LogP contribution in [0.5, 0.6) is 0 Å². The van der Waals surface area contributed by atoms with Gasteiger partial charge in [-0.2, -0.15) is 0 Å². The summed E-state index contributed by atoms with van der Waals surface area (Å²) in [4.78, 5) is 10.2. The lowest BCUT2D eigenvalue weighted by Gasteiger charge is -2.31. The van der Waals surface area contributed by atoms with E-state index < -0.39 is 0 Å². The average Bonchev–Trinajstić information content (AvgIpc) is 3.41. The Morgan fingerprint density at radius 1 is 1.04 bits per heavy atom. The third-order valence-corrected chi connectivity index (χ3v) is 6.69. The van der Waals surface area contributed by atoms with Gasteiger partial charge in [0.2, 0.25) is 0 Å². The Labute approximate surface area is 170 Å². The Morgan fingerprint density at radius 3 is 2.64 bits per heavy atom. The van der Waals surface area contributed by atoms with E-state index in [2.05, 4.69) is 15.1 Å². The molecular formula is C23H38N4O. The first kappa shape index (κ1) is 19.8. The van der Waals surface area contributed by atoms with Gasteiger partial charge < -0.3 is 19.5 Å². The van der Waals surface area contributed by atoms with Gasteiger partial charge >= 0.3 is 0 Å². The fraction of sp³-hybridized carbons (Fsp3) is 0.783. The van der Waals surface area contributed by atoms with E-state index in [4.69, 9.17) is 9.41 Å². The van der Waals surface area contributed by atoms with Crippen molar-refractivity contribution < 1.29 is 4.42 Å². The van der Waals surface area contributed by atoms with E-state index in [1.807, 2.05) is 12.1 Å². The molecule has 2 saturated heterocycles. The van der Waals surface area contributed by atoms with Crippen LogP contribution in [0.3, 0.4) is 0 Å². The van der Waals surface area contributed by atoms with Gasteiger partial charge in [0.1, 0.15) is 5.76 Å². The largest absolute Gasteiger partial charge is 0.469 e. The summed E-state index contributed by atoms with van der Waals surface area (Å²) in [5.74, 6) is 2.98. The van der Waals surface area contributed by atoms with Gasteiger partial charge in [0, 0.05) is 38.6 Å². The minimum atomic E-state index is 0.609. The predicted octanol–water partition coefficient (Wildman–Crippen LogP) is 3.91. The Hall–Kier alpha value is -1.49. The van der Waals surface area contributed by atoms with E-state index >= 15 is 0 Å². The lowest BCUT2D eigenvalue weighted by Crippen LogP contribution is -2.46. The van der Waals surface area contributed by atoms with Crippen molar-refractivity contribution in [2.45, 2.75) is 70.3 Å². The molecule has 1 unspecified atom stereocenters. The van der Waals surface area contributed by atoms with Crippen LogP contribution in [0.4, 0.5) is 0 Å². The highest BCUT2D eigenvalue weighted by Gasteiger charge is 2.28. The Bertz CT molecular complexity index is 588. The van der Waals surface area contributed by atoms with Gasteiger partial charge in [-0.1, -0.05) is 25.7 Å². The summed E-state index contributed by atoms with van der Waals surface area (Å²) >= 11 is 0. The lowest BCUT2D eigenvalue weighted by molar-refractivity contribution is 0.198. The maximum absolute atomic E-state index is 5.48. The zero-order valence-corrected chi connectivity index (χ0v) is 17.5. The van der Waals surface area contributed by atoms with E-state index in [9.17, 15) is 0 Å². The van der Waals surface area contributed by atoms with Crippen molar-refractivity contribution in [2.24, 2.45) is 10.9 Å². The van der Waals surface area contributed by atoms with Crippen LogP contribution in [0.15, 0.2) is 27.8 Å². The molecule has 4 rings (SSSR count). The first-order chi connectivity index (χ1) is 13.9. The van der Waals surface area contributed by atoms with Crippen molar-refractivity contribution in [2.75, 3.05) is 39.3 Å². The molecule has 5 nitrogen and oxygen atoms in total. The summed E-state index contributed by atoms with van der Waals surface area (Å²) in [6.45, 7) is 7.00. The maximum atomic E-state index is 5.48. The summed E-state index contributed by atoms with van der Waals surface area (Å²) in [5, 5.41) is 3.83. The van der Waals surface area contributed by atoms with Gasteiger partial charge in [0.05, 0.1) is 6.26 Å². The molecule has 1 N–H and O–H groups in total. The van der Waals surface area contributed by atoms with E-state index in [0.29, 0.717) is 6.04 Å². The summed E-state index contributed by atoms with van der Waals surface area (Å²) in [6, 6.07) is 4.62. The molecule has 1 aromatic heterocycles. The zero-order valence-electron chi connectivity index (χ0n) is 17.5. The number of nitrogens with zero attached hydrogens (tertiary/aromatic N) is 3. The second-order valence-electron chi connectivity index (χ2n) is 8.98. The highest BCUT2D eigenvalue weighted by atomic mass is 16.3. The number of nitrogens with one attached hydrogen (secondary N) is 1. The molecule has 1 aromatic rings. The van der Waals surface area contributed by atoms with Gasteiger partial charge in [-0.25, -0.2) is 0 Å². The summed E-state index contributed by atoms with van der Waals surface area (Å²) in [7, 11) is 0. The highest BCUT2D eigenvalue weighted by molar-refractivity contribution is 5.80. The van der Waals surface area contributed by atoms with Crippen LogP contribution in [-0.4, -0.2) is 61.1 Å². The summed E-state index contributed by atoms with van der Waals surface area (Å²) in [5.41, 5.74) is 0. The van der Waals surface area contributed by atoms with Gasteiger partial charge in [0.15, 0.2) is 5.96 Å². The molecule has 0 amide bonds. The second-order valence-corrected chi connectivity index (χ2v) is 8.98. The molecule has 1 atom stereocenters. The van der Waals surface area contributed by atoms with Crippen LogP contribution in [-0.2, 0) is 6.42 Å². The monoisotopic (exact) mass is 386 g/mol. The SMILES string of the molecule is c1coc(CCN=C(NC2CCCCC2)N2CCC(CN3CCCCC3)C2)c1. The molecule has 0 aromatic carbocycles. The van der Waals surface area contributed by atoms with Crippen LogP contribution < -0.4 is 5.32 Å². The van der Waals surface area contributed by atoms with Crippen molar-refractivity contribution in [1.29, 1.82) is 0 Å². The molecule has 1 aliphatic carbocycles.